The second-order valence-electron chi connectivity index (χ2n) is 6.86. The molecule has 3 aromatic carbocycles. The van der Waals surface area contributed by atoms with Crippen LogP contribution in [0.3, 0.4) is 0 Å². The van der Waals surface area contributed by atoms with E-state index in [9.17, 15) is 9.59 Å². The Morgan fingerprint density at radius 3 is 2.10 bits per heavy atom. The van der Waals surface area contributed by atoms with Crippen molar-refractivity contribution in [3.63, 3.8) is 0 Å². The van der Waals surface area contributed by atoms with Crippen molar-refractivity contribution in [1.82, 2.24) is 0 Å². The molecule has 152 valence electrons. The average Bonchev–Trinajstić information content (AvgIpc) is 2.77. The molecule has 1 amide bonds. The third-order valence-corrected chi connectivity index (χ3v) is 6.20. The molecular weight excluding hydrogens is 398 g/mol. The van der Waals surface area contributed by atoms with Crippen LogP contribution in [0.1, 0.15) is 18.5 Å². The van der Waals surface area contributed by atoms with Crippen molar-refractivity contribution in [2.75, 3.05) is 12.0 Å². The van der Waals surface area contributed by atoms with Gasteiger partial charge in [0, 0.05) is 17.5 Å². The van der Waals surface area contributed by atoms with Gasteiger partial charge in [-0.05, 0) is 42.0 Å². The Morgan fingerprint density at radius 1 is 0.933 bits per heavy atom. The smallest absolute Gasteiger partial charge is 0.304 e. The van der Waals surface area contributed by atoms with Crippen LogP contribution in [0, 0.1) is 0 Å². The van der Waals surface area contributed by atoms with E-state index in [-0.39, 0.29) is 5.91 Å². The monoisotopic (exact) mass is 419 g/mol. The predicted octanol–water partition coefficient (Wildman–Crippen LogP) is 4.83. The number of anilines is 1. The second kappa shape index (κ2) is 8.24. The largest absolute Gasteiger partial charge is 0.497 e. The summed E-state index contributed by atoms with van der Waals surface area (Å²) in [7, 11) is 1.60. The van der Waals surface area contributed by atoms with Crippen molar-refractivity contribution < 1.29 is 19.1 Å². The summed E-state index contributed by atoms with van der Waals surface area (Å²) in [6.45, 7) is 1.33. The molecule has 0 aromatic heterocycles. The lowest BCUT2D eigenvalue weighted by molar-refractivity contribution is -0.165. The molecule has 6 heteroatoms. The van der Waals surface area contributed by atoms with E-state index in [4.69, 9.17) is 9.47 Å². The van der Waals surface area contributed by atoms with E-state index < -0.39 is 16.9 Å². The van der Waals surface area contributed by atoms with Gasteiger partial charge >= 0.3 is 5.97 Å². The minimum absolute atomic E-state index is 0.273. The molecule has 3 aromatic rings. The summed E-state index contributed by atoms with van der Waals surface area (Å²) in [6, 6.07) is 25.9. The van der Waals surface area contributed by atoms with Crippen LogP contribution in [0.5, 0.6) is 5.75 Å². The molecule has 1 aliphatic heterocycles. The molecule has 0 aliphatic carbocycles. The van der Waals surface area contributed by atoms with Crippen LogP contribution in [-0.2, 0) is 14.3 Å². The Bertz CT molecular complexity index is 1040. The van der Waals surface area contributed by atoms with Crippen molar-refractivity contribution >= 4 is 29.3 Å². The summed E-state index contributed by atoms with van der Waals surface area (Å²) in [5, 5.41) is 0. The fourth-order valence-electron chi connectivity index (χ4n) is 3.62. The lowest BCUT2D eigenvalue weighted by Gasteiger charge is -2.54. The van der Waals surface area contributed by atoms with E-state index in [0.29, 0.717) is 11.4 Å². The minimum atomic E-state index is -1.38. The number of hydrogen-bond donors (Lipinski definition) is 0. The number of carbonyl (C=O) groups is 2. The molecule has 0 unspecified atom stereocenters. The van der Waals surface area contributed by atoms with Crippen LogP contribution in [0.15, 0.2) is 89.8 Å². The predicted molar refractivity (Wildman–Crippen MR) is 116 cm³/mol. The van der Waals surface area contributed by atoms with Crippen molar-refractivity contribution in [2.24, 2.45) is 0 Å². The lowest BCUT2D eigenvalue weighted by Crippen LogP contribution is -2.68. The molecular formula is C24H21NO4S. The molecule has 1 fully saturated rings. The Kier molecular flexibility index (Phi) is 5.50. The Hall–Kier alpha value is -3.25. The first-order valence-corrected chi connectivity index (χ1v) is 10.3. The average molecular weight is 420 g/mol. The minimum Gasteiger partial charge on any atom is -0.497 e. The molecule has 0 N–H and O–H groups in total. The number of methoxy groups -OCH3 is 1. The second-order valence-corrected chi connectivity index (χ2v) is 8.14. The zero-order valence-electron chi connectivity index (χ0n) is 16.6. The van der Waals surface area contributed by atoms with Gasteiger partial charge in [0.15, 0.2) is 0 Å². The van der Waals surface area contributed by atoms with Crippen LogP contribution in [0.4, 0.5) is 5.69 Å². The number of rotatable bonds is 6. The number of nitrogens with zero attached hydrogens (tertiary/aromatic N) is 1. The summed E-state index contributed by atoms with van der Waals surface area (Å²) < 4.78 is 11.0. The molecule has 0 spiro atoms. The number of thioether (sulfide) groups is 1. The quantitative estimate of drug-likeness (QED) is 0.325. The number of amides is 1. The number of benzene rings is 3. The van der Waals surface area contributed by atoms with E-state index in [0.717, 1.165) is 10.5 Å². The van der Waals surface area contributed by atoms with Crippen molar-refractivity contribution in [2.45, 2.75) is 22.8 Å². The number of esters is 1. The van der Waals surface area contributed by atoms with E-state index in [2.05, 4.69) is 0 Å². The molecule has 1 heterocycles. The lowest BCUT2D eigenvalue weighted by atomic mass is 9.89. The van der Waals surface area contributed by atoms with Gasteiger partial charge in [-0.2, -0.15) is 0 Å². The summed E-state index contributed by atoms with van der Waals surface area (Å²) in [5.74, 6) is -0.0689. The topological polar surface area (TPSA) is 55.8 Å². The summed E-state index contributed by atoms with van der Waals surface area (Å²) in [5.41, 5.74) is 1.60. The Morgan fingerprint density at radius 2 is 1.53 bits per heavy atom. The van der Waals surface area contributed by atoms with E-state index in [1.165, 1.54) is 18.7 Å². The summed E-state index contributed by atoms with van der Waals surface area (Å²) in [6.07, 6.45) is 0. The van der Waals surface area contributed by atoms with Gasteiger partial charge in [0.1, 0.15) is 11.8 Å². The van der Waals surface area contributed by atoms with Crippen LogP contribution < -0.4 is 9.64 Å². The molecule has 30 heavy (non-hydrogen) atoms. The molecule has 1 aliphatic rings. The zero-order valence-corrected chi connectivity index (χ0v) is 17.5. The number of carbonyl (C=O) groups excluding carboxylic acids is 2. The van der Waals surface area contributed by atoms with Crippen molar-refractivity contribution in [3.8, 4) is 5.75 Å². The first-order valence-electron chi connectivity index (χ1n) is 9.51. The molecule has 0 saturated carbocycles. The van der Waals surface area contributed by atoms with Crippen LogP contribution >= 0.6 is 11.8 Å². The van der Waals surface area contributed by atoms with E-state index in [1.54, 1.807) is 24.1 Å². The normalized spacial score (nSPS) is 20.4. The molecule has 4 rings (SSSR count). The molecule has 0 radical (unpaired) electrons. The fourth-order valence-corrected chi connectivity index (χ4v) is 4.96. The Labute approximate surface area is 179 Å². The third kappa shape index (κ3) is 3.55. The number of hydrogen-bond acceptors (Lipinski definition) is 5. The highest BCUT2D eigenvalue weighted by molar-refractivity contribution is 8.01. The maximum Gasteiger partial charge on any atom is 0.304 e. The zero-order chi connectivity index (χ0) is 21.1. The molecule has 1 saturated heterocycles. The van der Waals surface area contributed by atoms with Gasteiger partial charge in [0.25, 0.3) is 10.8 Å². The fraction of sp³-hybridized carbons (Fsp3) is 0.167. The van der Waals surface area contributed by atoms with Gasteiger partial charge in [-0.15, -0.1) is 0 Å². The highest BCUT2D eigenvalue weighted by Gasteiger charge is 2.65. The van der Waals surface area contributed by atoms with Crippen LogP contribution in [-0.4, -0.2) is 23.9 Å². The van der Waals surface area contributed by atoms with Gasteiger partial charge in [-0.3, -0.25) is 14.5 Å². The maximum atomic E-state index is 13.6. The SMILES string of the molecule is COc1ccc(N2C(=O)[C@@](OC(C)=O)(Sc3ccccc3)[C@@H]2c2ccccc2)cc1. The van der Waals surface area contributed by atoms with Crippen LogP contribution in [0.2, 0.25) is 0 Å². The standard InChI is InChI=1S/C24H21NO4S/c1-17(26)29-24(30-21-11-7-4-8-12-21)22(18-9-5-3-6-10-18)25(23(24)27)19-13-15-20(28-2)16-14-19/h3-16,22H,1-2H3/t22-,24-/m0/s1. The summed E-state index contributed by atoms with van der Waals surface area (Å²) in [4.78, 5) is 26.8. The molecule has 5 nitrogen and oxygen atoms in total. The highest BCUT2D eigenvalue weighted by Crippen LogP contribution is 2.56. The van der Waals surface area contributed by atoms with Gasteiger partial charge in [0.2, 0.25) is 0 Å². The van der Waals surface area contributed by atoms with Gasteiger partial charge < -0.3 is 9.47 Å². The Balaban J connectivity index is 1.81. The highest BCUT2D eigenvalue weighted by atomic mass is 32.2. The van der Waals surface area contributed by atoms with E-state index >= 15 is 0 Å². The maximum absolute atomic E-state index is 13.6. The van der Waals surface area contributed by atoms with E-state index in [1.807, 2.05) is 72.8 Å². The first kappa shape index (κ1) is 20.0. The van der Waals surface area contributed by atoms with Crippen LogP contribution in [0.25, 0.3) is 0 Å². The van der Waals surface area contributed by atoms with Crippen molar-refractivity contribution in [3.05, 3.63) is 90.5 Å². The van der Waals surface area contributed by atoms with Gasteiger partial charge in [0.05, 0.1) is 7.11 Å². The molecule has 2 atom stereocenters. The first-order chi connectivity index (χ1) is 14.5. The third-order valence-electron chi connectivity index (χ3n) is 4.91. The molecule has 0 bridgehead atoms. The van der Waals surface area contributed by atoms with Crippen molar-refractivity contribution in [1.29, 1.82) is 0 Å². The number of β-lactam (4-membered cyclic amide) rings is 1. The summed E-state index contributed by atoms with van der Waals surface area (Å²) >= 11 is 1.26. The van der Waals surface area contributed by atoms with Gasteiger partial charge in [-0.25, -0.2) is 0 Å². The van der Waals surface area contributed by atoms with Gasteiger partial charge in [-0.1, -0.05) is 60.3 Å². The number of ether oxygens (including phenoxy) is 2.